The number of hydrogen-bond donors (Lipinski definition) is 3. The number of nitrogens with one attached hydrogen (secondary N) is 2. The molecule has 0 radical (unpaired) electrons. The van der Waals surface area contributed by atoms with E-state index in [-0.39, 0.29) is 31.9 Å². The summed E-state index contributed by atoms with van der Waals surface area (Å²) in [6.45, 7) is 3.92. The Labute approximate surface area is 193 Å². The highest BCUT2D eigenvalue weighted by Gasteiger charge is 2.30. The molecule has 2 amide bonds. The second kappa shape index (κ2) is 10.5. The molecule has 0 aliphatic heterocycles. The summed E-state index contributed by atoms with van der Waals surface area (Å²) >= 11 is 0. The molecule has 0 bridgehead atoms. The van der Waals surface area contributed by atoms with Crippen LogP contribution in [0.5, 0.6) is 0 Å². The molecule has 0 fully saturated rings. The minimum absolute atomic E-state index is 0.0568. The lowest BCUT2D eigenvalue weighted by molar-refractivity contribution is -0.137. The molecule has 3 N–H and O–H groups in total. The molecule has 2 aromatic carbocycles. The molecule has 8 nitrogen and oxygen atoms in total. The fourth-order valence-corrected chi connectivity index (χ4v) is 3.81. The number of aliphatic carboxylic acids is 1. The predicted molar refractivity (Wildman–Crippen MR) is 123 cm³/mol. The zero-order valence-corrected chi connectivity index (χ0v) is 19.1. The summed E-state index contributed by atoms with van der Waals surface area (Å²) < 4.78 is 10.8. The van der Waals surface area contributed by atoms with Crippen molar-refractivity contribution in [3.63, 3.8) is 0 Å². The minimum atomic E-state index is -1.06. The van der Waals surface area contributed by atoms with Gasteiger partial charge in [0.1, 0.15) is 12.6 Å². The Morgan fingerprint density at radius 2 is 1.61 bits per heavy atom. The number of alkyl carbamates (subject to hydrolysis) is 1. The number of rotatable bonds is 10. The third-order valence-electron chi connectivity index (χ3n) is 5.84. The number of methoxy groups -OCH3 is 1. The van der Waals surface area contributed by atoms with Crippen LogP contribution < -0.4 is 10.6 Å². The van der Waals surface area contributed by atoms with E-state index in [0.29, 0.717) is 0 Å². The van der Waals surface area contributed by atoms with Crippen molar-refractivity contribution in [1.82, 2.24) is 10.6 Å². The van der Waals surface area contributed by atoms with Crippen LogP contribution in [0, 0.1) is 0 Å². The van der Waals surface area contributed by atoms with E-state index in [0.717, 1.165) is 22.3 Å². The maximum atomic E-state index is 12.6. The highest BCUT2D eigenvalue weighted by molar-refractivity contribution is 5.86. The molecule has 2 aromatic rings. The van der Waals surface area contributed by atoms with Gasteiger partial charge in [0.05, 0.1) is 5.60 Å². The van der Waals surface area contributed by atoms with Crippen molar-refractivity contribution in [1.29, 1.82) is 0 Å². The Kier molecular flexibility index (Phi) is 7.71. The van der Waals surface area contributed by atoms with Gasteiger partial charge in [0.2, 0.25) is 5.91 Å². The third kappa shape index (κ3) is 6.10. The number of carboxylic acid groups (broad SMARTS) is 1. The highest BCUT2D eigenvalue weighted by atomic mass is 16.5. The second-order valence-corrected chi connectivity index (χ2v) is 8.64. The summed E-state index contributed by atoms with van der Waals surface area (Å²) in [5, 5.41) is 14.2. The number of carbonyl (C=O) groups is 3. The smallest absolute Gasteiger partial charge is 0.407 e. The standard InChI is InChI=1S/C25H30N2O6/c1-25(2,32-3)15-26-23(30)21(12-13-22(28)29)27-24(31)33-14-20-18-10-6-4-8-16(18)17-9-5-7-11-19(17)20/h4-11,20-21H,12-15H2,1-3H3,(H,26,30)(H,27,31)(H,28,29). The van der Waals surface area contributed by atoms with E-state index in [2.05, 4.69) is 10.6 Å². The average Bonchev–Trinajstić information content (AvgIpc) is 3.12. The fraction of sp³-hybridized carbons (Fsp3) is 0.400. The van der Waals surface area contributed by atoms with Crippen LogP contribution in [0.3, 0.4) is 0 Å². The first kappa shape index (κ1) is 24.3. The van der Waals surface area contributed by atoms with E-state index in [4.69, 9.17) is 14.6 Å². The summed E-state index contributed by atoms with van der Waals surface area (Å²) in [5.41, 5.74) is 3.78. The number of carboxylic acids is 1. The quantitative estimate of drug-likeness (QED) is 0.508. The van der Waals surface area contributed by atoms with Crippen molar-refractivity contribution in [2.45, 2.75) is 44.2 Å². The van der Waals surface area contributed by atoms with Crippen LogP contribution >= 0.6 is 0 Å². The van der Waals surface area contributed by atoms with E-state index in [1.54, 1.807) is 13.8 Å². The maximum Gasteiger partial charge on any atom is 0.407 e. The number of ether oxygens (including phenoxy) is 2. The van der Waals surface area contributed by atoms with Crippen LogP contribution in [0.1, 0.15) is 43.7 Å². The Bertz CT molecular complexity index is 974. The van der Waals surface area contributed by atoms with Crippen molar-refractivity contribution >= 4 is 18.0 Å². The first-order valence-corrected chi connectivity index (χ1v) is 10.9. The van der Waals surface area contributed by atoms with Gasteiger partial charge in [-0.25, -0.2) is 4.79 Å². The topological polar surface area (TPSA) is 114 Å². The van der Waals surface area contributed by atoms with Crippen LogP contribution in [-0.2, 0) is 19.1 Å². The molecule has 176 valence electrons. The van der Waals surface area contributed by atoms with Gasteiger partial charge in [-0.15, -0.1) is 0 Å². The molecule has 1 unspecified atom stereocenters. The highest BCUT2D eigenvalue weighted by Crippen LogP contribution is 2.44. The van der Waals surface area contributed by atoms with Gasteiger partial charge in [-0.1, -0.05) is 48.5 Å². The van der Waals surface area contributed by atoms with Crippen molar-refractivity contribution in [2.24, 2.45) is 0 Å². The van der Waals surface area contributed by atoms with Crippen LogP contribution in [0.4, 0.5) is 4.79 Å². The van der Waals surface area contributed by atoms with Crippen molar-refractivity contribution in [3.8, 4) is 11.1 Å². The lowest BCUT2D eigenvalue weighted by Gasteiger charge is -2.25. The summed E-state index contributed by atoms with van der Waals surface area (Å²) in [6.07, 6.45) is -1.10. The van der Waals surface area contributed by atoms with Crippen molar-refractivity contribution in [3.05, 3.63) is 59.7 Å². The molecule has 33 heavy (non-hydrogen) atoms. The first-order chi connectivity index (χ1) is 15.7. The SMILES string of the molecule is COC(C)(C)CNC(=O)C(CCC(=O)O)NC(=O)OCC1c2ccccc2-c2ccccc21. The van der Waals surface area contributed by atoms with Gasteiger partial charge in [0.25, 0.3) is 0 Å². The van der Waals surface area contributed by atoms with E-state index in [1.807, 2.05) is 48.5 Å². The van der Waals surface area contributed by atoms with Gasteiger partial charge >= 0.3 is 12.1 Å². The lowest BCUT2D eigenvalue weighted by Crippen LogP contribution is -2.50. The lowest BCUT2D eigenvalue weighted by atomic mass is 9.98. The summed E-state index contributed by atoms with van der Waals surface area (Å²) in [7, 11) is 1.53. The van der Waals surface area contributed by atoms with Crippen LogP contribution in [0.15, 0.2) is 48.5 Å². The number of fused-ring (bicyclic) bond motifs is 3. The predicted octanol–water partition coefficient (Wildman–Crippen LogP) is 3.30. The number of benzene rings is 2. The minimum Gasteiger partial charge on any atom is -0.481 e. The van der Waals surface area contributed by atoms with E-state index in [9.17, 15) is 14.4 Å². The fourth-order valence-electron chi connectivity index (χ4n) is 3.81. The zero-order valence-electron chi connectivity index (χ0n) is 19.1. The van der Waals surface area contributed by atoms with E-state index >= 15 is 0 Å². The molecular weight excluding hydrogens is 424 g/mol. The Hall–Kier alpha value is -3.39. The van der Waals surface area contributed by atoms with Gasteiger partial charge in [0.15, 0.2) is 0 Å². The summed E-state index contributed by atoms with van der Waals surface area (Å²) in [4.78, 5) is 36.2. The van der Waals surface area contributed by atoms with Crippen molar-refractivity contribution in [2.75, 3.05) is 20.3 Å². The molecular formula is C25H30N2O6. The Morgan fingerprint density at radius 3 is 2.15 bits per heavy atom. The molecule has 8 heteroatoms. The normalized spacial score (nSPS) is 13.5. The molecule has 1 atom stereocenters. The molecule has 1 aliphatic rings. The van der Waals surface area contributed by atoms with E-state index < -0.39 is 29.6 Å². The Balaban J connectivity index is 1.64. The third-order valence-corrected chi connectivity index (χ3v) is 5.84. The van der Waals surface area contributed by atoms with Gasteiger partial charge in [-0.05, 0) is 42.5 Å². The van der Waals surface area contributed by atoms with Gasteiger partial charge in [-0.3, -0.25) is 9.59 Å². The van der Waals surface area contributed by atoms with Gasteiger partial charge in [0, 0.05) is 26.0 Å². The summed E-state index contributed by atoms with van der Waals surface area (Å²) in [6, 6.07) is 14.9. The number of carbonyl (C=O) groups excluding carboxylic acids is 2. The van der Waals surface area contributed by atoms with Gasteiger partial charge in [-0.2, -0.15) is 0 Å². The number of hydrogen-bond acceptors (Lipinski definition) is 5. The molecule has 0 spiro atoms. The number of amides is 2. The second-order valence-electron chi connectivity index (χ2n) is 8.64. The molecule has 1 aliphatic carbocycles. The van der Waals surface area contributed by atoms with Crippen LogP contribution in [0.2, 0.25) is 0 Å². The summed E-state index contributed by atoms with van der Waals surface area (Å²) in [5.74, 6) is -1.66. The van der Waals surface area contributed by atoms with Crippen LogP contribution in [-0.4, -0.2) is 55.0 Å². The Morgan fingerprint density at radius 1 is 1.03 bits per heavy atom. The molecule has 3 rings (SSSR count). The monoisotopic (exact) mass is 454 g/mol. The molecule has 0 saturated carbocycles. The largest absolute Gasteiger partial charge is 0.481 e. The first-order valence-electron chi connectivity index (χ1n) is 10.9. The molecule has 0 saturated heterocycles. The average molecular weight is 455 g/mol. The van der Waals surface area contributed by atoms with Crippen molar-refractivity contribution < 1.29 is 29.0 Å². The molecule has 0 heterocycles. The van der Waals surface area contributed by atoms with E-state index in [1.165, 1.54) is 7.11 Å². The van der Waals surface area contributed by atoms with Crippen LogP contribution in [0.25, 0.3) is 11.1 Å². The van der Waals surface area contributed by atoms with Gasteiger partial charge < -0.3 is 25.2 Å². The maximum absolute atomic E-state index is 12.6. The zero-order chi connectivity index (χ0) is 24.0. The molecule has 0 aromatic heterocycles.